The minimum absolute atomic E-state index is 0.0280. The van der Waals surface area contributed by atoms with Crippen LogP contribution in [0, 0.1) is 22.7 Å². The van der Waals surface area contributed by atoms with Crippen molar-refractivity contribution in [2.45, 2.75) is 227 Å². The molecular formula is C82H110N8O17S2. The number of ether oxygens (including phenoxy) is 4. The number of aliphatic carboxylic acids is 1. The van der Waals surface area contributed by atoms with E-state index in [1.807, 2.05) is 107 Å². The highest BCUT2D eigenvalue weighted by molar-refractivity contribution is 7.91. The minimum Gasteiger partial charge on any atom is -0.480 e. The van der Waals surface area contributed by atoms with Crippen LogP contribution in [0.1, 0.15) is 179 Å². The first-order valence-corrected chi connectivity index (χ1v) is 41.4. The monoisotopic (exact) mass is 1540 g/mol. The van der Waals surface area contributed by atoms with E-state index in [0.29, 0.717) is 38.5 Å². The molecule has 109 heavy (non-hydrogen) atoms. The molecule has 0 aromatic heterocycles. The maximum atomic E-state index is 14.7. The van der Waals surface area contributed by atoms with Crippen LogP contribution in [0.5, 0.6) is 0 Å². The summed E-state index contributed by atoms with van der Waals surface area (Å²) in [4.78, 5) is 109. The van der Waals surface area contributed by atoms with E-state index >= 15 is 0 Å². The minimum atomic E-state index is -3.89. The number of nitrogens with one attached hydrogen (secondary N) is 5. The lowest BCUT2D eigenvalue weighted by molar-refractivity contribution is -0.150. The molecule has 27 heteroatoms. The van der Waals surface area contributed by atoms with Crippen molar-refractivity contribution in [1.82, 2.24) is 35.2 Å². The van der Waals surface area contributed by atoms with Crippen LogP contribution in [0.4, 0.5) is 9.59 Å². The lowest BCUT2D eigenvalue weighted by Crippen LogP contribution is -2.60. The molecule has 0 spiro atoms. The van der Waals surface area contributed by atoms with Crippen molar-refractivity contribution in [3.63, 3.8) is 0 Å². The second-order valence-electron chi connectivity index (χ2n) is 32.7. The first-order valence-electron chi connectivity index (χ1n) is 38.3. The lowest BCUT2D eigenvalue weighted by Gasteiger charge is -2.36. The Bertz CT molecular complexity index is 4270. The van der Waals surface area contributed by atoms with Gasteiger partial charge in [0, 0.05) is 38.9 Å². The molecule has 6 fully saturated rings. The van der Waals surface area contributed by atoms with E-state index in [-0.39, 0.29) is 51.5 Å². The van der Waals surface area contributed by atoms with E-state index in [4.69, 9.17) is 24.7 Å². The van der Waals surface area contributed by atoms with Gasteiger partial charge in [0.1, 0.15) is 46.4 Å². The number of amides is 7. The van der Waals surface area contributed by atoms with Crippen molar-refractivity contribution in [3.8, 4) is 22.3 Å². The first kappa shape index (κ1) is 83.0. The second-order valence-corrected chi connectivity index (χ2v) is 36.6. The van der Waals surface area contributed by atoms with Crippen LogP contribution in [0.3, 0.4) is 0 Å². The van der Waals surface area contributed by atoms with Gasteiger partial charge in [0.15, 0.2) is 0 Å². The van der Waals surface area contributed by atoms with Crippen molar-refractivity contribution < 1.29 is 79.2 Å². The van der Waals surface area contributed by atoms with Crippen molar-refractivity contribution in [2.75, 3.05) is 40.5 Å². The summed E-state index contributed by atoms with van der Waals surface area (Å²) in [5, 5.41) is 17.5. The summed E-state index contributed by atoms with van der Waals surface area (Å²) in [7, 11) is -4.28. The molecule has 6 aliphatic heterocycles. The summed E-state index contributed by atoms with van der Waals surface area (Å²) in [6, 6.07) is 28.5. The van der Waals surface area contributed by atoms with Gasteiger partial charge in [-0.25, -0.2) is 31.2 Å². The molecule has 14 rings (SSSR count). The number of carbonyl (C=O) groups excluding carboxylic acids is 7. The third-order valence-corrected chi connectivity index (χ3v) is 26.3. The summed E-state index contributed by atoms with van der Waals surface area (Å²) in [6.07, 6.45) is 16.2. The Morgan fingerprint density at radius 2 is 0.945 bits per heavy atom. The molecule has 4 aromatic carbocycles. The molecule has 10 atom stereocenters. The number of nitrogens with two attached hydrogens (primary N) is 1. The zero-order valence-corrected chi connectivity index (χ0v) is 65.8. The number of alkyl carbamates (subject to hydrolysis) is 2. The standard InChI is InChI=1S/C41H54N4O8S.C32H42N2O6.C9H14N2O3S/c1-6-29-24-41(29,37(48)44-54(50,51)31-21-22-31)43-35(46)33-25-40(52-5)26-45(33)36(47)34(39(2,3)4)42-38(49)53-23-13-9-7-8-10-14-27-15-11-12-16-32(27)28-17-19-30(40)20-18-28;1-31(2,3)27-28(35)34-21-32(39-4,20-26(34)29(36)37)24-17-15-23(16-18-24)25-14-10-9-13-22(25)12-8-6-5-7-11-19-40-30(38)33-27;1-2-6-5-9(6,10)8(12)11-15(13,14)7-3-4-7/h6,11-12,15-20,29,31,33-34H,1,7-10,13-14,21-26H2,2-5H3,(H,42,49)(H,43,46)(H,44,48);9-10,13-18,26-27H,5-8,11-12,19-21H2,1-4H3,(H,33,38)(H,36,37);2,6-7H,1,3-5,10H2,(H,11,12)/t29-,33+,34-,40+,41-;26-,27+,32-;6-,9-/m101/s1. The number of aryl methyl sites for hydroxylation is 2. The van der Waals surface area contributed by atoms with Gasteiger partial charge in [0.25, 0.3) is 11.8 Å². The summed E-state index contributed by atoms with van der Waals surface area (Å²) >= 11 is 0. The Labute approximate surface area is 641 Å². The predicted octanol–water partition coefficient (Wildman–Crippen LogP) is 10.1. The number of sulfonamides is 2. The van der Waals surface area contributed by atoms with E-state index in [1.54, 1.807) is 13.2 Å². The summed E-state index contributed by atoms with van der Waals surface area (Å²) in [5.41, 5.74) is 8.08. The molecule has 8 N–H and O–H groups in total. The molecule has 25 nitrogen and oxygen atoms in total. The predicted molar refractivity (Wildman–Crippen MR) is 413 cm³/mol. The maximum Gasteiger partial charge on any atom is 0.407 e. The number of rotatable bonds is 13. The molecule has 592 valence electrons. The van der Waals surface area contributed by atoms with E-state index in [0.717, 1.165) is 98.4 Å². The number of fused-ring (bicyclic) bond motifs is 26. The molecule has 0 unspecified atom stereocenters. The first-order chi connectivity index (χ1) is 51.6. The SMILES string of the molecule is C=C[C@@H]1C[C@]1(N)C(=O)NS(=O)(=O)C1CC1.C=C[C@@H]1C[C@]1(NC(=O)[C@@H]1C[C@]2(OC)CN1C(=O)[C@H](C(C)(C)C)NC(=O)OCCCCCCCc1ccccc1-c1ccc2cc1)C(=O)NS(=O)(=O)C1CC1.CO[C@@]12C[C@@H](C(=O)O)N(C1)C(=O)[C@H](C(C)(C)C)NC(=O)OCCCCCCCc1ccccc1-c1ccc2cc1. The Morgan fingerprint density at radius 1 is 0.550 bits per heavy atom. The van der Waals surface area contributed by atoms with Crippen molar-refractivity contribution in [1.29, 1.82) is 0 Å². The molecule has 4 saturated carbocycles. The molecule has 6 heterocycles. The Morgan fingerprint density at radius 3 is 1.33 bits per heavy atom. The van der Waals surface area contributed by atoms with Gasteiger partial charge in [0.05, 0.1) is 36.8 Å². The zero-order chi connectivity index (χ0) is 79.1. The van der Waals surface area contributed by atoms with Crippen LogP contribution < -0.4 is 31.1 Å². The molecule has 10 aliphatic rings. The van der Waals surface area contributed by atoms with Gasteiger partial charge in [-0.1, -0.05) is 189 Å². The molecule has 2 saturated heterocycles. The number of hydrogen-bond acceptors (Lipinski definition) is 17. The lowest BCUT2D eigenvalue weighted by atomic mass is 9.85. The van der Waals surface area contributed by atoms with E-state index in [9.17, 15) is 60.3 Å². The molecule has 0 radical (unpaired) electrons. The number of methoxy groups -OCH3 is 2. The average molecular weight is 1540 g/mol. The molecule has 4 aromatic rings. The number of benzene rings is 4. The van der Waals surface area contributed by atoms with Gasteiger partial charge in [-0.05, 0) is 132 Å². The van der Waals surface area contributed by atoms with Crippen LogP contribution in [0.2, 0.25) is 0 Å². The average Bonchev–Trinajstić information content (AvgIpc) is 1.57. The highest BCUT2D eigenvalue weighted by Gasteiger charge is 2.63. The van der Waals surface area contributed by atoms with Gasteiger partial charge in [-0.15, -0.1) is 13.2 Å². The molecule has 8 bridgehead atoms. The van der Waals surface area contributed by atoms with Crippen LogP contribution >= 0.6 is 0 Å². The molecule has 4 aliphatic carbocycles. The van der Waals surface area contributed by atoms with Crippen molar-refractivity contribution >= 4 is 67.7 Å². The molecule has 7 amide bonds. The summed E-state index contributed by atoms with van der Waals surface area (Å²) in [6.45, 7) is 18.8. The normalized spacial score (nSPS) is 27.9. The zero-order valence-electron chi connectivity index (χ0n) is 64.2. The van der Waals surface area contributed by atoms with E-state index in [2.05, 4.69) is 70.2 Å². The van der Waals surface area contributed by atoms with Crippen LogP contribution in [0.15, 0.2) is 122 Å². The van der Waals surface area contributed by atoms with Gasteiger partial charge in [0.2, 0.25) is 37.8 Å². The quantitative estimate of drug-likeness (QED) is 0.0612. The third kappa shape index (κ3) is 19.5. The summed E-state index contributed by atoms with van der Waals surface area (Å²) in [5.74, 6) is -4.76. The molecular weight excluding hydrogens is 1430 g/mol. The fourth-order valence-corrected chi connectivity index (χ4v) is 18.0. The van der Waals surface area contributed by atoms with E-state index < -0.39 is 141 Å². The van der Waals surface area contributed by atoms with Crippen molar-refractivity contribution in [2.24, 2.45) is 28.4 Å². The van der Waals surface area contributed by atoms with Gasteiger partial charge >= 0.3 is 18.2 Å². The van der Waals surface area contributed by atoms with Gasteiger partial charge < -0.3 is 55.5 Å². The van der Waals surface area contributed by atoms with Crippen LogP contribution in [-0.2, 0) is 91.8 Å². The number of carbonyl (C=O) groups is 8. The Balaban J connectivity index is 0.000000200. The fraction of sp³-hybridized carbons (Fsp3) is 0.561. The number of hydrogen-bond donors (Lipinski definition) is 7. The maximum absolute atomic E-state index is 14.7. The smallest absolute Gasteiger partial charge is 0.407 e. The Kier molecular flexibility index (Phi) is 25.9. The highest BCUT2D eigenvalue weighted by Crippen LogP contribution is 2.48. The highest BCUT2D eigenvalue weighted by atomic mass is 32.2. The largest absolute Gasteiger partial charge is 0.480 e. The van der Waals surface area contributed by atoms with Crippen LogP contribution in [0.25, 0.3) is 22.3 Å². The van der Waals surface area contributed by atoms with Crippen molar-refractivity contribution in [3.05, 3.63) is 145 Å². The van der Waals surface area contributed by atoms with Crippen LogP contribution in [-0.4, -0.2) is 166 Å². The topological polar surface area (TPSA) is 355 Å². The Hall–Kier alpha value is -8.50. The van der Waals surface area contributed by atoms with E-state index in [1.165, 1.54) is 39.7 Å². The number of nitrogens with zero attached hydrogens (tertiary/aromatic N) is 2. The second kappa shape index (κ2) is 34.0. The summed E-state index contributed by atoms with van der Waals surface area (Å²) < 4.78 is 75.9. The third-order valence-electron chi connectivity index (χ3n) is 22.7. The number of carboxylic acid groups (broad SMARTS) is 1. The van der Waals surface area contributed by atoms with Gasteiger partial charge in [-0.3, -0.25) is 33.4 Å². The van der Waals surface area contributed by atoms with Gasteiger partial charge in [-0.2, -0.15) is 0 Å². The fourth-order valence-electron chi connectivity index (χ4n) is 15.3. The number of carboxylic acids is 1.